The SMILES string of the molecule is CC(=O)OC[C@H]1O[C@@H](Sc2nc3ccccc3o2)[C@H](OCc2ccccc2)[C@@H](OC(C)=O)[C@H]1OC(C)=O. The molecule has 37 heavy (non-hydrogen) atoms. The van der Waals surface area contributed by atoms with E-state index in [-0.39, 0.29) is 13.2 Å². The number of nitrogens with zero attached hydrogens (tertiary/aromatic N) is 1. The number of oxazole rings is 1. The Kier molecular flexibility index (Phi) is 8.80. The fourth-order valence-corrected chi connectivity index (χ4v) is 4.96. The number of benzene rings is 2. The number of aromatic nitrogens is 1. The molecule has 4 rings (SSSR count). The number of thioether (sulfide) groups is 1. The normalized spacial score (nSPS) is 23.4. The van der Waals surface area contributed by atoms with E-state index in [9.17, 15) is 14.4 Å². The van der Waals surface area contributed by atoms with Gasteiger partial charge in [-0.25, -0.2) is 4.98 Å². The van der Waals surface area contributed by atoms with Crippen molar-refractivity contribution < 1.29 is 42.5 Å². The molecule has 1 fully saturated rings. The van der Waals surface area contributed by atoms with E-state index < -0.39 is 47.8 Å². The number of para-hydroxylation sites is 2. The third-order valence-corrected chi connectivity index (χ3v) is 6.41. The third-order valence-electron chi connectivity index (χ3n) is 5.42. The molecular weight excluding hydrogens is 502 g/mol. The maximum atomic E-state index is 12.1. The zero-order chi connectivity index (χ0) is 26.4. The van der Waals surface area contributed by atoms with Crippen LogP contribution in [0.5, 0.6) is 0 Å². The highest BCUT2D eigenvalue weighted by Crippen LogP contribution is 2.38. The van der Waals surface area contributed by atoms with Crippen molar-refractivity contribution in [1.82, 2.24) is 4.98 Å². The van der Waals surface area contributed by atoms with Crippen LogP contribution >= 0.6 is 11.8 Å². The molecule has 0 aliphatic carbocycles. The van der Waals surface area contributed by atoms with E-state index in [4.69, 9.17) is 28.1 Å². The fraction of sp³-hybridized carbons (Fsp3) is 0.385. The molecule has 1 saturated heterocycles. The summed E-state index contributed by atoms with van der Waals surface area (Å²) in [5, 5.41) is 0.304. The Morgan fingerprint density at radius 1 is 0.865 bits per heavy atom. The Labute approximate surface area is 217 Å². The van der Waals surface area contributed by atoms with Gasteiger partial charge in [-0.3, -0.25) is 14.4 Å². The van der Waals surface area contributed by atoms with Gasteiger partial charge >= 0.3 is 17.9 Å². The zero-order valence-corrected chi connectivity index (χ0v) is 21.3. The number of hydrogen-bond donors (Lipinski definition) is 0. The highest BCUT2D eigenvalue weighted by atomic mass is 32.2. The smallest absolute Gasteiger partial charge is 0.303 e. The molecule has 196 valence electrons. The Morgan fingerprint density at radius 2 is 1.54 bits per heavy atom. The highest BCUT2D eigenvalue weighted by Gasteiger charge is 2.51. The maximum absolute atomic E-state index is 12.1. The first kappa shape index (κ1) is 26.6. The van der Waals surface area contributed by atoms with Crippen LogP contribution in [0.2, 0.25) is 0 Å². The van der Waals surface area contributed by atoms with E-state index in [0.717, 1.165) is 17.3 Å². The Morgan fingerprint density at radius 3 is 2.22 bits per heavy atom. The molecule has 5 atom stereocenters. The van der Waals surface area contributed by atoms with Crippen molar-refractivity contribution in [3.05, 3.63) is 60.2 Å². The van der Waals surface area contributed by atoms with Gasteiger partial charge in [-0.15, -0.1) is 0 Å². The van der Waals surface area contributed by atoms with E-state index in [2.05, 4.69) is 4.98 Å². The van der Waals surface area contributed by atoms with Gasteiger partial charge in [-0.2, -0.15) is 0 Å². The van der Waals surface area contributed by atoms with E-state index in [1.165, 1.54) is 20.8 Å². The van der Waals surface area contributed by atoms with Crippen molar-refractivity contribution in [2.24, 2.45) is 0 Å². The fourth-order valence-electron chi connectivity index (χ4n) is 3.91. The number of ether oxygens (including phenoxy) is 5. The van der Waals surface area contributed by atoms with Gasteiger partial charge in [-0.05, 0) is 29.5 Å². The van der Waals surface area contributed by atoms with Crippen LogP contribution in [0.4, 0.5) is 0 Å². The summed E-state index contributed by atoms with van der Waals surface area (Å²) >= 11 is 1.13. The number of carbonyl (C=O) groups excluding carboxylic acids is 3. The van der Waals surface area contributed by atoms with Crippen molar-refractivity contribution in [3.63, 3.8) is 0 Å². The average molecular weight is 530 g/mol. The standard InChI is InChI=1S/C26H27NO9S/c1-15(28)31-14-21-22(33-16(2)29)23(34-17(3)30)24(32-13-18-9-5-4-6-10-18)25(35-21)37-26-27-19-11-7-8-12-20(19)36-26/h4-12,21-25H,13-14H2,1-3H3/t21-,22+,23+,24-,25+/m1/s1. The molecule has 0 spiro atoms. The molecule has 0 radical (unpaired) electrons. The van der Waals surface area contributed by atoms with Gasteiger partial charge in [-0.1, -0.05) is 42.5 Å². The van der Waals surface area contributed by atoms with Crippen molar-refractivity contribution >= 4 is 40.8 Å². The molecule has 1 aliphatic rings. The predicted octanol–water partition coefficient (Wildman–Crippen LogP) is 3.66. The van der Waals surface area contributed by atoms with E-state index >= 15 is 0 Å². The average Bonchev–Trinajstić information content (AvgIpc) is 3.26. The van der Waals surface area contributed by atoms with Gasteiger partial charge in [0.2, 0.25) is 0 Å². The third kappa shape index (κ3) is 7.09. The summed E-state index contributed by atoms with van der Waals surface area (Å²) in [6, 6.07) is 16.7. The number of rotatable bonds is 9. The molecule has 0 bridgehead atoms. The summed E-state index contributed by atoms with van der Waals surface area (Å²) in [5.41, 5.74) is 1.30. The zero-order valence-electron chi connectivity index (χ0n) is 20.5. The molecule has 0 amide bonds. The second-order valence-electron chi connectivity index (χ2n) is 8.32. The second-order valence-corrected chi connectivity index (χ2v) is 9.37. The van der Waals surface area contributed by atoms with Crippen molar-refractivity contribution in [2.75, 3.05) is 6.61 Å². The van der Waals surface area contributed by atoms with Crippen LogP contribution in [-0.2, 0) is 44.7 Å². The van der Waals surface area contributed by atoms with E-state index in [0.29, 0.717) is 16.3 Å². The maximum Gasteiger partial charge on any atom is 0.303 e. The summed E-state index contributed by atoms with van der Waals surface area (Å²) in [6.07, 6.45) is -4.01. The molecular formula is C26H27NO9S. The number of carbonyl (C=O) groups is 3. The molecule has 2 aromatic carbocycles. The summed E-state index contributed by atoms with van der Waals surface area (Å²) in [6.45, 7) is 3.66. The molecule has 0 saturated carbocycles. The van der Waals surface area contributed by atoms with Crippen LogP contribution in [0.15, 0.2) is 64.2 Å². The second kappa shape index (κ2) is 12.2. The first-order chi connectivity index (χ1) is 17.8. The quantitative estimate of drug-likeness (QED) is 0.298. The van der Waals surface area contributed by atoms with Gasteiger partial charge in [0.25, 0.3) is 5.22 Å². The molecule has 11 heteroatoms. The van der Waals surface area contributed by atoms with Gasteiger partial charge < -0.3 is 28.1 Å². The van der Waals surface area contributed by atoms with Crippen LogP contribution in [0.25, 0.3) is 11.1 Å². The lowest BCUT2D eigenvalue weighted by molar-refractivity contribution is -0.241. The summed E-state index contributed by atoms with van der Waals surface area (Å²) in [4.78, 5) is 40.2. The van der Waals surface area contributed by atoms with Crippen molar-refractivity contribution in [3.8, 4) is 0 Å². The van der Waals surface area contributed by atoms with E-state index in [1.807, 2.05) is 48.5 Å². The molecule has 0 unspecified atom stereocenters. The summed E-state index contributed by atoms with van der Waals surface area (Å²) in [5.74, 6) is -1.76. The highest BCUT2D eigenvalue weighted by molar-refractivity contribution is 7.99. The number of fused-ring (bicyclic) bond motifs is 1. The topological polar surface area (TPSA) is 123 Å². The minimum atomic E-state index is -1.10. The summed E-state index contributed by atoms with van der Waals surface area (Å²) in [7, 11) is 0. The van der Waals surface area contributed by atoms with Crippen LogP contribution in [0, 0.1) is 0 Å². The lowest BCUT2D eigenvalue weighted by atomic mass is 9.99. The minimum Gasteiger partial charge on any atom is -0.463 e. The molecule has 2 heterocycles. The lowest BCUT2D eigenvalue weighted by Gasteiger charge is -2.44. The van der Waals surface area contributed by atoms with Crippen LogP contribution in [0.1, 0.15) is 26.3 Å². The van der Waals surface area contributed by atoms with Crippen LogP contribution in [0.3, 0.4) is 0 Å². The van der Waals surface area contributed by atoms with Gasteiger partial charge in [0.05, 0.1) is 6.61 Å². The van der Waals surface area contributed by atoms with Gasteiger partial charge in [0.1, 0.15) is 29.8 Å². The first-order valence-corrected chi connectivity index (χ1v) is 12.5. The lowest BCUT2D eigenvalue weighted by Crippen LogP contribution is -2.61. The Bertz CT molecular complexity index is 1200. The molecule has 1 aliphatic heterocycles. The Hall–Kier alpha value is -3.41. The first-order valence-electron chi connectivity index (χ1n) is 11.6. The molecule has 3 aromatic rings. The predicted molar refractivity (Wildman–Crippen MR) is 131 cm³/mol. The summed E-state index contributed by atoms with van der Waals surface area (Å²) < 4.78 is 34.7. The monoisotopic (exact) mass is 529 g/mol. The van der Waals surface area contributed by atoms with Crippen LogP contribution < -0.4 is 0 Å². The Balaban J connectivity index is 1.68. The molecule has 10 nitrogen and oxygen atoms in total. The van der Waals surface area contributed by atoms with Crippen molar-refractivity contribution in [2.45, 2.75) is 62.5 Å². The molecule has 1 aromatic heterocycles. The minimum absolute atomic E-state index is 0.165. The van der Waals surface area contributed by atoms with Crippen LogP contribution in [-0.4, -0.2) is 59.4 Å². The van der Waals surface area contributed by atoms with Gasteiger partial charge in [0, 0.05) is 20.8 Å². The van der Waals surface area contributed by atoms with Crippen molar-refractivity contribution in [1.29, 1.82) is 0 Å². The number of esters is 3. The molecule has 0 N–H and O–H groups in total. The van der Waals surface area contributed by atoms with Gasteiger partial charge in [0.15, 0.2) is 17.8 Å². The largest absolute Gasteiger partial charge is 0.463 e. The van der Waals surface area contributed by atoms with E-state index in [1.54, 1.807) is 6.07 Å². The number of hydrogen-bond acceptors (Lipinski definition) is 11.